The first-order chi connectivity index (χ1) is 8.63. The standard InChI is InChI=1S/C12H12N4OS/c1-8-7-10(17)15-11(13-8)16-12(18)14-9-5-3-2-4-6-9/h2-7H,1H3,(H3,13,14,15,16,17,18). The van der Waals surface area contributed by atoms with E-state index in [1.165, 1.54) is 6.07 Å². The summed E-state index contributed by atoms with van der Waals surface area (Å²) in [5, 5.41) is 6.18. The summed E-state index contributed by atoms with van der Waals surface area (Å²) in [4.78, 5) is 17.9. The molecule has 1 heterocycles. The van der Waals surface area contributed by atoms with Crippen LogP contribution < -0.4 is 16.2 Å². The number of aromatic amines is 1. The van der Waals surface area contributed by atoms with Gasteiger partial charge in [0.05, 0.1) is 0 Å². The lowest BCUT2D eigenvalue weighted by Crippen LogP contribution is -2.22. The number of hydrogen-bond donors (Lipinski definition) is 3. The molecule has 3 N–H and O–H groups in total. The molecule has 0 atom stereocenters. The molecule has 0 saturated heterocycles. The number of H-pyrrole nitrogens is 1. The highest BCUT2D eigenvalue weighted by molar-refractivity contribution is 7.80. The largest absolute Gasteiger partial charge is 0.332 e. The lowest BCUT2D eigenvalue weighted by atomic mass is 10.3. The molecular weight excluding hydrogens is 248 g/mol. The van der Waals surface area contributed by atoms with Crippen molar-refractivity contribution in [3.63, 3.8) is 0 Å². The number of hydrogen-bond acceptors (Lipinski definition) is 3. The minimum atomic E-state index is -0.215. The van der Waals surface area contributed by atoms with Gasteiger partial charge in [-0.3, -0.25) is 9.78 Å². The van der Waals surface area contributed by atoms with Gasteiger partial charge in [0.1, 0.15) is 0 Å². The molecule has 0 aliphatic heterocycles. The molecule has 2 rings (SSSR count). The van der Waals surface area contributed by atoms with E-state index in [1.54, 1.807) is 6.92 Å². The van der Waals surface area contributed by atoms with E-state index in [9.17, 15) is 4.79 Å². The van der Waals surface area contributed by atoms with Crippen molar-refractivity contribution in [2.75, 3.05) is 10.6 Å². The second-order valence-corrected chi connectivity index (χ2v) is 4.09. The zero-order chi connectivity index (χ0) is 13.0. The van der Waals surface area contributed by atoms with Crippen LogP contribution in [0.2, 0.25) is 0 Å². The highest BCUT2D eigenvalue weighted by atomic mass is 32.1. The zero-order valence-corrected chi connectivity index (χ0v) is 10.5. The molecule has 92 valence electrons. The molecule has 5 nitrogen and oxygen atoms in total. The van der Waals surface area contributed by atoms with E-state index >= 15 is 0 Å². The third kappa shape index (κ3) is 3.39. The van der Waals surface area contributed by atoms with Gasteiger partial charge in [0.2, 0.25) is 5.95 Å². The van der Waals surface area contributed by atoms with Gasteiger partial charge in [-0.2, -0.15) is 0 Å². The Morgan fingerprint density at radius 2 is 2.00 bits per heavy atom. The van der Waals surface area contributed by atoms with Crippen LogP contribution in [-0.2, 0) is 0 Å². The van der Waals surface area contributed by atoms with Gasteiger partial charge in [-0.25, -0.2) is 4.98 Å². The minimum Gasteiger partial charge on any atom is -0.332 e. The van der Waals surface area contributed by atoms with E-state index in [-0.39, 0.29) is 5.56 Å². The Labute approximate surface area is 109 Å². The monoisotopic (exact) mass is 260 g/mol. The van der Waals surface area contributed by atoms with Crippen LogP contribution in [0.25, 0.3) is 0 Å². The molecule has 0 radical (unpaired) electrons. The second kappa shape index (κ2) is 5.42. The number of benzene rings is 1. The highest BCUT2D eigenvalue weighted by Crippen LogP contribution is 2.05. The summed E-state index contributed by atoms with van der Waals surface area (Å²) in [5.74, 6) is 0.327. The third-order valence-electron chi connectivity index (χ3n) is 2.13. The molecule has 6 heteroatoms. The smallest absolute Gasteiger partial charge is 0.252 e. The van der Waals surface area contributed by atoms with E-state index < -0.39 is 0 Å². The van der Waals surface area contributed by atoms with E-state index in [0.29, 0.717) is 16.8 Å². The molecule has 0 spiro atoms. The highest BCUT2D eigenvalue weighted by Gasteiger charge is 2.01. The molecule has 1 aromatic heterocycles. The number of anilines is 2. The first-order valence-electron chi connectivity index (χ1n) is 5.34. The number of nitrogens with one attached hydrogen (secondary N) is 3. The third-order valence-corrected chi connectivity index (χ3v) is 2.34. The van der Waals surface area contributed by atoms with Crippen molar-refractivity contribution in [2.45, 2.75) is 6.92 Å². The molecule has 0 aliphatic carbocycles. The average molecular weight is 260 g/mol. The molecular formula is C12H12N4OS. The molecule has 2 aromatic rings. The van der Waals surface area contributed by atoms with Crippen molar-refractivity contribution < 1.29 is 0 Å². The number of rotatable bonds is 2. The quantitative estimate of drug-likeness (QED) is 0.719. The topological polar surface area (TPSA) is 69.8 Å². The van der Waals surface area contributed by atoms with Crippen LogP contribution in [0.3, 0.4) is 0 Å². The molecule has 0 unspecified atom stereocenters. The van der Waals surface area contributed by atoms with Crippen LogP contribution in [0.5, 0.6) is 0 Å². The van der Waals surface area contributed by atoms with Gasteiger partial charge in [0.15, 0.2) is 5.11 Å². The van der Waals surface area contributed by atoms with Gasteiger partial charge in [0, 0.05) is 17.4 Å². The summed E-state index contributed by atoms with van der Waals surface area (Å²) in [7, 11) is 0. The molecule has 0 fully saturated rings. The Morgan fingerprint density at radius 3 is 2.67 bits per heavy atom. The first kappa shape index (κ1) is 12.3. The fourth-order valence-electron chi connectivity index (χ4n) is 1.43. The van der Waals surface area contributed by atoms with Gasteiger partial charge < -0.3 is 10.6 Å². The van der Waals surface area contributed by atoms with Crippen LogP contribution in [0.4, 0.5) is 11.6 Å². The van der Waals surface area contributed by atoms with Crippen molar-refractivity contribution in [2.24, 2.45) is 0 Å². The van der Waals surface area contributed by atoms with Crippen LogP contribution in [0, 0.1) is 6.92 Å². The van der Waals surface area contributed by atoms with Gasteiger partial charge in [-0.05, 0) is 31.3 Å². The Bertz CT molecular complexity index is 609. The SMILES string of the molecule is Cc1cc(=O)[nH]c(NC(=S)Nc2ccccc2)n1. The maximum absolute atomic E-state index is 11.3. The van der Waals surface area contributed by atoms with Crippen molar-refractivity contribution in [3.05, 3.63) is 52.4 Å². The second-order valence-electron chi connectivity index (χ2n) is 3.68. The van der Waals surface area contributed by atoms with Gasteiger partial charge in [0.25, 0.3) is 5.56 Å². The summed E-state index contributed by atoms with van der Waals surface area (Å²) >= 11 is 5.12. The van der Waals surface area contributed by atoms with Crippen molar-refractivity contribution in [1.29, 1.82) is 0 Å². The van der Waals surface area contributed by atoms with Crippen molar-refractivity contribution >= 4 is 29.0 Å². The Kier molecular flexibility index (Phi) is 3.69. The summed E-state index contributed by atoms with van der Waals surface area (Å²) in [6.45, 7) is 1.74. The fraction of sp³-hybridized carbons (Fsp3) is 0.0833. The minimum absolute atomic E-state index is 0.215. The molecule has 0 amide bonds. The van der Waals surface area contributed by atoms with E-state index in [0.717, 1.165) is 5.69 Å². The number of nitrogens with zero attached hydrogens (tertiary/aromatic N) is 1. The van der Waals surface area contributed by atoms with Crippen LogP contribution >= 0.6 is 12.2 Å². The van der Waals surface area contributed by atoms with E-state index in [1.807, 2.05) is 30.3 Å². The van der Waals surface area contributed by atoms with Gasteiger partial charge >= 0.3 is 0 Å². The maximum atomic E-state index is 11.3. The molecule has 0 saturated carbocycles. The van der Waals surface area contributed by atoms with Crippen molar-refractivity contribution in [1.82, 2.24) is 9.97 Å². The number of aryl methyl sites for hydroxylation is 1. The molecule has 0 aliphatic rings. The first-order valence-corrected chi connectivity index (χ1v) is 5.75. The Hall–Kier alpha value is -2.21. The number of thiocarbonyl (C=S) groups is 1. The predicted molar refractivity (Wildman–Crippen MR) is 75.9 cm³/mol. The Morgan fingerprint density at radius 1 is 1.28 bits per heavy atom. The maximum Gasteiger partial charge on any atom is 0.252 e. The van der Waals surface area contributed by atoms with Crippen LogP contribution in [-0.4, -0.2) is 15.1 Å². The van der Waals surface area contributed by atoms with Crippen LogP contribution in [0.15, 0.2) is 41.2 Å². The predicted octanol–water partition coefficient (Wildman–Crippen LogP) is 1.89. The van der Waals surface area contributed by atoms with Gasteiger partial charge in [-0.15, -0.1) is 0 Å². The fourth-order valence-corrected chi connectivity index (χ4v) is 1.64. The molecule has 18 heavy (non-hydrogen) atoms. The van der Waals surface area contributed by atoms with E-state index in [2.05, 4.69) is 20.6 Å². The summed E-state index contributed by atoms with van der Waals surface area (Å²) in [6.07, 6.45) is 0. The van der Waals surface area contributed by atoms with E-state index in [4.69, 9.17) is 12.2 Å². The summed E-state index contributed by atoms with van der Waals surface area (Å²) in [6, 6.07) is 10.9. The summed E-state index contributed by atoms with van der Waals surface area (Å²) in [5.41, 5.74) is 1.28. The molecule has 1 aromatic carbocycles. The van der Waals surface area contributed by atoms with Gasteiger partial charge in [-0.1, -0.05) is 18.2 Å². The van der Waals surface area contributed by atoms with Crippen molar-refractivity contribution in [3.8, 4) is 0 Å². The zero-order valence-electron chi connectivity index (χ0n) is 9.73. The Balaban J connectivity index is 2.05. The average Bonchev–Trinajstić information content (AvgIpc) is 2.28. The lowest BCUT2D eigenvalue weighted by molar-refractivity contribution is 1.08. The molecule has 0 bridgehead atoms. The number of aromatic nitrogens is 2. The van der Waals surface area contributed by atoms with Crippen LogP contribution in [0.1, 0.15) is 5.69 Å². The number of para-hydroxylation sites is 1. The summed E-state index contributed by atoms with van der Waals surface area (Å²) < 4.78 is 0. The lowest BCUT2D eigenvalue weighted by Gasteiger charge is -2.09. The normalized spacial score (nSPS) is 9.83.